The van der Waals surface area contributed by atoms with Crippen molar-refractivity contribution in [3.63, 3.8) is 0 Å². The SMILES string of the molecule is Cc1ccc(Cl)cc1.O=C(NCC=C1CCC(c2ccccc2CN2CCCC2=O)CC1)c1cc(=O)c2cccc(F)c2o1. The number of hydrogen-bond donors (Lipinski definition) is 1. The van der Waals surface area contributed by atoms with Gasteiger partial charge in [0.1, 0.15) is 0 Å². The lowest BCUT2D eigenvalue weighted by molar-refractivity contribution is -0.128. The smallest absolute Gasteiger partial charge is 0.287 e. The van der Waals surface area contributed by atoms with E-state index in [2.05, 4.69) is 23.5 Å². The second-order valence-electron chi connectivity index (χ2n) is 11.4. The summed E-state index contributed by atoms with van der Waals surface area (Å²) in [6, 6.07) is 21.4. The highest BCUT2D eigenvalue weighted by atomic mass is 35.5. The Morgan fingerprint density at radius 2 is 1.77 bits per heavy atom. The Labute approximate surface area is 261 Å². The number of amides is 2. The van der Waals surface area contributed by atoms with Crippen LogP contribution in [0.15, 0.2) is 93.7 Å². The molecule has 0 spiro atoms. The highest BCUT2D eigenvalue weighted by Gasteiger charge is 2.24. The lowest BCUT2D eigenvalue weighted by Crippen LogP contribution is -2.25. The maximum absolute atomic E-state index is 14.0. The number of aryl methyl sites for hydroxylation is 1. The minimum atomic E-state index is -0.674. The molecule has 0 unspecified atom stereocenters. The number of rotatable bonds is 6. The summed E-state index contributed by atoms with van der Waals surface area (Å²) < 4.78 is 19.4. The summed E-state index contributed by atoms with van der Waals surface area (Å²) in [6.07, 6.45) is 7.52. The molecule has 6 nitrogen and oxygen atoms in total. The van der Waals surface area contributed by atoms with Crippen LogP contribution in [0.1, 0.15) is 71.7 Å². The van der Waals surface area contributed by atoms with Gasteiger partial charge in [-0.3, -0.25) is 14.4 Å². The number of allylic oxidation sites excluding steroid dienone is 1. The van der Waals surface area contributed by atoms with Gasteiger partial charge >= 0.3 is 0 Å². The van der Waals surface area contributed by atoms with Crippen molar-refractivity contribution in [2.24, 2.45) is 0 Å². The summed E-state index contributed by atoms with van der Waals surface area (Å²) in [7, 11) is 0. The van der Waals surface area contributed by atoms with Crippen molar-refractivity contribution in [1.82, 2.24) is 10.2 Å². The number of carbonyl (C=O) groups excluding carboxylic acids is 2. The molecular weight excluding hydrogens is 579 g/mol. The summed E-state index contributed by atoms with van der Waals surface area (Å²) in [4.78, 5) is 38.8. The normalized spacial score (nSPS) is 16.4. The van der Waals surface area contributed by atoms with Crippen LogP contribution in [-0.4, -0.2) is 29.8 Å². The Bertz CT molecular complexity index is 1700. The first-order valence-corrected chi connectivity index (χ1v) is 15.4. The Kier molecular flexibility index (Phi) is 10.3. The van der Waals surface area contributed by atoms with E-state index in [4.69, 9.17) is 16.0 Å². The first-order chi connectivity index (χ1) is 21.3. The van der Waals surface area contributed by atoms with Gasteiger partial charge in [0, 0.05) is 37.1 Å². The van der Waals surface area contributed by atoms with Crippen molar-refractivity contribution >= 4 is 34.4 Å². The molecule has 2 fully saturated rings. The van der Waals surface area contributed by atoms with Crippen LogP contribution in [0.5, 0.6) is 0 Å². The molecule has 8 heteroatoms. The molecule has 3 aromatic carbocycles. The molecule has 1 aliphatic heterocycles. The third kappa shape index (κ3) is 7.83. The Hall–Kier alpha value is -4.23. The number of likely N-dealkylation sites (tertiary alicyclic amines) is 1. The van der Waals surface area contributed by atoms with Crippen molar-refractivity contribution in [3.05, 3.63) is 128 Å². The fourth-order valence-electron chi connectivity index (χ4n) is 5.82. The molecule has 44 heavy (non-hydrogen) atoms. The van der Waals surface area contributed by atoms with E-state index in [1.54, 1.807) is 0 Å². The van der Waals surface area contributed by atoms with Gasteiger partial charge < -0.3 is 14.6 Å². The number of nitrogens with one attached hydrogen (secondary N) is 1. The van der Waals surface area contributed by atoms with E-state index < -0.39 is 17.2 Å². The Morgan fingerprint density at radius 1 is 1.02 bits per heavy atom. The predicted molar refractivity (Wildman–Crippen MR) is 171 cm³/mol. The number of carbonyl (C=O) groups is 2. The van der Waals surface area contributed by atoms with Gasteiger partial charge in [-0.05, 0) is 80.3 Å². The van der Waals surface area contributed by atoms with E-state index >= 15 is 0 Å². The van der Waals surface area contributed by atoms with Crippen LogP contribution in [0.2, 0.25) is 5.02 Å². The van der Waals surface area contributed by atoms with Gasteiger partial charge in [-0.1, -0.05) is 71.3 Å². The fraction of sp³-hybridized carbons (Fsp3) is 0.306. The molecular formula is C36H36ClFN2O4. The first kappa shape index (κ1) is 31.2. The van der Waals surface area contributed by atoms with Crippen LogP contribution in [-0.2, 0) is 11.3 Å². The number of nitrogens with zero attached hydrogens (tertiary/aromatic N) is 1. The summed E-state index contributed by atoms with van der Waals surface area (Å²) >= 11 is 5.61. The van der Waals surface area contributed by atoms with Gasteiger partial charge in [0.25, 0.3) is 5.91 Å². The molecule has 0 radical (unpaired) electrons. The molecule has 1 aromatic heterocycles. The zero-order valence-corrected chi connectivity index (χ0v) is 25.5. The molecule has 228 valence electrons. The highest BCUT2D eigenvalue weighted by Crippen LogP contribution is 2.37. The number of para-hydroxylation sites is 1. The van der Waals surface area contributed by atoms with Crippen LogP contribution in [0, 0.1) is 12.7 Å². The summed E-state index contributed by atoms with van der Waals surface area (Å²) in [5.41, 5.74) is 4.45. The molecule has 2 amide bonds. The third-order valence-electron chi connectivity index (χ3n) is 8.25. The lowest BCUT2D eigenvalue weighted by Gasteiger charge is -2.27. The molecule has 1 aliphatic carbocycles. The largest absolute Gasteiger partial charge is 0.448 e. The Morgan fingerprint density at radius 3 is 2.48 bits per heavy atom. The summed E-state index contributed by atoms with van der Waals surface area (Å²) in [5.74, 6) is -0.728. The Balaban J connectivity index is 0.000000418. The number of hydrogen-bond acceptors (Lipinski definition) is 4. The third-order valence-corrected chi connectivity index (χ3v) is 8.50. The zero-order chi connectivity index (χ0) is 31.1. The average Bonchev–Trinajstić information content (AvgIpc) is 3.44. The molecule has 2 aliphatic rings. The molecule has 2 heterocycles. The molecule has 1 saturated heterocycles. The fourth-order valence-corrected chi connectivity index (χ4v) is 5.95. The first-order valence-electron chi connectivity index (χ1n) is 15.0. The van der Waals surface area contributed by atoms with Crippen molar-refractivity contribution in [1.29, 1.82) is 0 Å². The minimum Gasteiger partial charge on any atom is -0.448 e. The van der Waals surface area contributed by atoms with Crippen LogP contribution < -0.4 is 10.7 Å². The topological polar surface area (TPSA) is 79.6 Å². The van der Waals surface area contributed by atoms with Crippen molar-refractivity contribution in [2.45, 2.75) is 57.9 Å². The number of fused-ring (bicyclic) bond motifs is 1. The second-order valence-corrected chi connectivity index (χ2v) is 11.8. The quantitative estimate of drug-likeness (QED) is 0.226. The molecule has 0 atom stereocenters. The molecule has 6 rings (SSSR count). The van der Waals surface area contributed by atoms with Gasteiger partial charge in [0.2, 0.25) is 5.91 Å². The lowest BCUT2D eigenvalue weighted by atomic mass is 9.80. The van der Waals surface area contributed by atoms with Crippen molar-refractivity contribution in [2.75, 3.05) is 13.1 Å². The standard InChI is InChI=1S/C29H29FN2O4.C7H7Cl/c30-24-8-3-7-23-25(33)17-26(36-28(23)24)29(35)31-15-14-19-10-12-20(13-11-19)22-6-2-1-5-21(22)18-32-16-4-9-27(32)34;1-6-2-4-7(8)5-3-6/h1-3,5-8,14,17,20H,4,9-13,15-16,18H2,(H,31,35);2-5H,1H3. The predicted octanol–water partition coefficient (Wildman–Crippen LogP) is 7.72. The van der Waals surface area contributed by atoms with Crippen LogP contribution in [0.4, 0.5) is 4.39 Å². The van der Waals surface area contributed by atoms with E-state index in [1.165, 1.54) is 40.5 Å². The number of benzene rings is 3. The second kappa shape index (κ2) is 14.5. The minimum absolute atomic E-state index is 0.110. The molecule has 4 aromatic rings. The van der Waals surface area contributed by atoms with Crippen LogP contribution in [0.3, 0.4) is 0 Å². The molecule has 0 bridgehead atoms. The van der Waals surface area contributed by atoms with E-state index in [0.29, 0.717) is 25.4 Å². The highest BCUT2D eigenvalue weighted by molar-refractivity contribution is 6.30. The van der Waals surface area contributed by atoms with Gasteiger partial charge in [0.15, 0.2) is 22.6 Å². The van der Waals surface area contributed by atoms with Gasteiger partial charge in [-0.25, -0.2) is 4.39 Å². The van der Waals surface area contributed by atoms with E-state index in [0.717, 1.165) is 49.7 Å². The van der Waals surface area contributed by atoms with Gasteiger partial charge in [0.05, 0.1) is 5.39 Å². The summed E-state index contributed by atoms with van der Waals surface area (Å²) in [6.45, 7) is 3.88. The maximum atomic E-state index is 14.0. The van der Waals surface area contributed by atoms with Crippen LogP contribution >= 0.6 is 11.6 Å². The maximum Gasteiger partial charge on any atom is 0.287 e. The zero-order valence-electron chi connectivity index (χ0n) is 24.8. The average molecular weight is 615 g/mol. The monoisotopic (exact) mass is 614 g/mol. The van der Waals surface area contributed by atoms with Crippen molar-refractivity contribution in [3.8, 4) is 0 Å². The summed E-state index contributed by atoms with van der Waals surface area (Å²) in [5, 5.41) is 3.66. The number of halogens is 2. The van der Waals surface area contributed by atoms with Crippen LogP contribution in [0.25, 0.3) is 11.0 Å². The van der Waals surface area contributed by atoms with Gasteiger partial charge in [-0.2, -0.15) is 0 Å². The van der Waals surface area contributed by atoms with Gasteiger partial charge in [-0.15, -0.1) is 0 Å². The van der Waals surface area contributed by atoms with E-state index in [-0.39, 0.29) is 22.6 Å². The van der Waals surface area contributed by atoms with Crippen molar-refractivity contribution < 1.29 is 18.4 Å². The van der Waals surface area contributed by atoms with E-state index in [1.807, 2.05) is 48.2 Å². The van der Waals surface area contributed by atoms with E-state index in [9.17, 15) is 18.8 Å². The molecule has 1 saturated carbocycles. The molecule has 1 N–H and O–H groups in total.